The molecule has 4 nitrogen and oxygen atoms in total. The molecule has 0 atom stereocenters. The van der Waals surface area contributed by atoms with E-state index in [2.05, 4.69) is 26.2 Å². The predicted molar refractivity (Wildman–Crippen MR) is 67.8 cm³/mol. The van der Waals surface area contributed by atoms with E-state index in [1.807, 2.05) is 6.92 Å². The van der Waals surface area contributed by atoms with Crippen LogP contribution in [0.5, 0.6) is 0 Å². The van der Waals surface area contributed by atoms with E-state index in [0.717, 1.165) is 23.9 Å². The summed E-state index contributed by atoms with van der Waals surface area (Å²) in [5, 5.41) is 2.97. The number of aromatic nitrogens is 1. The molecule has 1 aliphatic rings. The SMILES string of the molecule is CCOC1CC(NC(=O)c2cncc(Br)c2)C1. The van der Waals surface area contributed by atoms with Crippen LogP contribution in [-0.2, 0) is 4.74 Å². The number of amides is 1. The average Bonchev–Trinajstić information content (AvgIpc) is 2.26. The Morgan fingerprint density at radius 3 is 3.00 bits per heavy atom. The molecule has 0 bridgehead atoms. The minimum atomic E-state index is -0.0706. The molecule has 0 saturated heterocycles. The quantitative estimate of drug-likeness (QED) is 0.926. The predicted octanol–water partition coefficient (Wildman–Crippen LogP) is 2.14. The fourth-order valence-corrected chi connectivity index (χ4v) is 2.22. The van der Waals surface area contributed by atoms with Gasteiger partial charge in [-0.1, -0.05) is 0 Å². The van der Waals surface area contributed by atoms with Crippen LogP contribution >= 0.6 is 15.9 Å². The highest BCUT2D eigenvalue weighted by atomic mass is 79.9. The summed E-state index contributed by atoms with van der Waals surface area (Å²) in [4.78, 5) is 15.8. The standard InChI is InChI=1S/C12H15BrN2O2/c1-2-17-11-4-10(5-11)15-12(16)8-3-9(13)7-14-6-8/h3,6-7,10-11H,2,4-5H2,1H3,(H,15,16). The van der Waals surface area contributed by atoms with E-state index < -0.39 is 0 Å². The van der Waals surface area contributed by atoms with E-state index in [1.54, 1.807) is 18.5 Å². The van der Waals surface area contributed by atoms with Crippen LogP contribution in [0.4, 0.5) is 0 Å². The Morgan fingerprint density at radius 1 is 1.59 bits per heavy atom. The number of carbonyl (C=O) groups excluding carboxylic acids is 1. The highest BCUT2D eigenvalue weighted by Crippen LogP contribution is 2.23. The maximum Gasteiger partial charge on any atom is 0.253 e. The Morgan fingerprint density at radius 2 is 2.35 bits per heavy atom. The maximum absolute atomic E-state index is 11.9. The van der Waals surface area contributed by atoms with Gasteiger partial charge in [-0.2, -0.15) is 0 Å². The molecule has 0 unspecified atom stereocenters. The fourth-order valence-electron chi connectivity index (χ4n) is 1.86. The minimum absolute atomic E-state index is 0.0706. The van der Waals surface area contributed by atoms with Crippen molar-refractivity contribution in [2.45, 2.75) is 31.9 Å². The zero-order chi connectivity index (χ0) is 12.3. The van der Waals surface area contributed by atoms with Gasteiger partial charge in [0.25, 0.3) is 5.91 Å². The van der Waals surface area contributed by atoms with Crippen LogP contribution < -0.4 is 5.32 Å². The lowest BCUT2D eigenvalue weighted by molar-refractivity contribution is -0.00862. The van der Waals surface area contributed by atoms with Crippen molar-refractivity contribution >= 4 is 21.8 Å². The fraction of sp³-hybridized carbons (Fsp3) is 0.500. The van der Waals surface area contributed by atoms with Gasteiger partial charge in [-0.05, 0) is 41.8 Å². The van der Waals surface area contributed by atoms with Gasteiger partial charge in [0.1, 0.15) is 0 Å². The zero-order valence-electron chi connectivity index (χ0n) is 9.65. The van der Waals surface area contributed by atoms with Crippen LogP contribution in [-0.4, -0.2) is 29.6 Å². The Balaban J connectivity index is 1.83. The first kappa shape index (κ1) is 12.5. The molecule has 0 radical (unpaired) electrons. The number of ether oxygens (including phenoxy) is 1. The third kappa shape index (κ3) is 3.26. The molecule has 0 aliphatic heterocycles. The lowest BCUT2D eigenvalue weighted by Gasteiger charge is -2.35. The van der Waals surface area contributed by atoms with Gasteiger partial charge in [-0.3, -0.25) is 9.78 Å². The minimum Gasteiger partial charge on any atom is -0.378 e. The molecule has 92 valence electrons. The number of pyridine rings is 1. The lowest BCUT2D eigenvalue weighted by atomic mass is 9.89. The summed E-state index contributed by atoms with van der Waals surface area (Å²) in [6, 6.07) is 2.00. The molecule has 2 rings (SSSR count). The second-order valence-corrected chi connectivity index (χ2v) is 5.03. The third-order valence-corrected chi connectivity index (χ3v) is 3.23. The van der Waals surface area contributed by atoms with Crippen LogP contribution in [0.25, 0.3) is 0 Å². The van der Waals surface area contributed by atoms with Crippen LogP contribution in [0.3, 0.4) is 0 Å². The third-order valence-electron chi connectivity index (χ3n) is 2.80. The first-order chi connectivity index (χ1) is 8.19. The van der Waals surface area contributed by atoms with Gasteiger partial charge in [-0.15, -0.1) is 0 Å². The second-order valence-electron chi connectivity index (χ2n) is 4.11. The lowest BCUT2D eigenvalue weighted by Crippen LogP contribution is -2.47. The Kier molecular flexibility index (Phi) is 4.12. The zero-order valence-corrected chi connectivity index (χ0v) is 11.2. The van der Waals surface area contributed by atoms with Crippen molar-refractivity contribution in [2.75, 3.05) is 6.61 Å². The van der Waals surface area contributed by atoms with Crippen LogP contribution in [0.2, 0.25) is 0 Å². The summed E-state index contributed by atoms with van der Waals surface area (Å²) in [6.45, 7) is 2.72. The van der Waals surface area contributed by atoms with E-state index in [9.17, 15) is 4.79 Å². The normalized spacial score (nSPS) is 22.9. The van der Waals surface area contributed by atoms with Crippen molar-refractivity contribution in [1.29, 1.82) is 0 Å². The Bertz CT molecular complexity index is 405. The molecule has 1 fully saturated rings. The molecule has 1 aromatic heterocycles. The molecule has 0 aromatic carbocycles. The molecule has 1 heterocycles. The summed E-state index contributed by atoms with van der Waals surface area (Å²) in [7, 11) is 0. The number of carbonyl (C=O) groups is 1. The largest absolute Gasteiger partial charge is 0.378 e. The molecule has 0 spiro atoms. The van der Waals surface area contributed by atoms with E-state index in [0.29, 0.717) is 11.7 Å². The van der Waals surface area contributed by atoms with E-state index in [1.165, 1.54) is 0 Å². The molecule has 1 amide bonds. The van der Waals surface area contributed by atoms with Gasteiger partial charge in [0, 0.05) is 29.5 Å². The van der Waals surface area contributed by atoms with Gasteiger partial charge < -0.3 is 10.1 Å². The van der Waals surface area contributed by atoms with Crippen LogP contribution in [0.15, 0.2) is 22.9 Å². The molecule has 5 heteroatoms. The van der Waals surface area contributed by atoms with Gasteiger partial charge in [-0.25, -0.2) is 0 Å². The van der Waals surface area contributed by atoms with E-state index >= 15 is 0 Å². The second kappa shape index (κ2) is 5.60. The van der Waals surface area contributed by atoms with Gasteiger partial charge in [0.2, 0.25) is 0 Å². The number of nitrogens with zero attached hydrogens (tertiary/aromatic N) is 1. The first-order valence-electron chi connectivity index (χ1n) is 5.72. The first-order valence-corrected chi connectivity index (χ1v) is 6.51. The van der Waals surface area contributed by atoms with Gasteiger partial charge >= 0.3 is 0 Å². The highest BCUT2D eigenvalue weighted by molar-refractivity contribution is 9.10. The summed E-state index contributed by atoms with van der Waals surface area (Å²) >= 11 is 3.30. The van der Waals surface area contributed by atoms with Crippen molar-refractivity contribution in [3.8, 4) is 0 Å². The molecular formula is C12H15BrN2O2. The Labute approximate surface area is 109 Å². The van der Waals surface area contributed by atoms with Crippen molar-refractivity contribution in [3.63, 3.8) is 0 Å². The molecule has 1 aliphatic carbocycles. The van der Waals surface area contributed by atoms with Crippen LogP contribution in [0, 0.1) is 0 Å². The topological polar surface area (TPSA) is 51.2 Å². The molecule has 1 aromatic rings. The maximum atomic E-state index is 11.9. The summed E-state index contributed by atoms with van der Waals surface area (Å²) in [5.74, 6) is -0.0706. The van der Waals surface area contributed by atoms with Crippen molar-refractivity contribution in [2.24, 2.45) is 0 Å². The smallest absolute Gasteiger partial charge is 0.253 e. The van der Waals surface area contributed by atoms with Gasteiger partial charge in [0.05, 0.1) is 11.7 Å². The molecule has 1 saturated carbocycles. The monoisotopic (exact) mass is 298 g/mol. The Hall–Kier alpha value is -0.940. The van der Waals surface area contributed by atoms with Crippen molar-refractivity contribution in [1.82, 2.24) is 10.3 Å². The number of halogens is 1. The van der Waals surface area contributed by atoms with Crippen LogP contribution in [0.1, 0.15) is 30.1 Å². The van der Waals surface area contributed by atoms with Gasteiger partial charge in [0.15, 0.2) is 0 Å². The summed E-state index contributed by atoms with van der Waals surface area (Å²) < 4.78 is 6.25. The average molecular weight is 299 g/mol. The molecule has 1 N–H and O–H groups in total. The number of hydrogen-bond donors (Lipinski definition) is 1. The van der Waals surface area contributed by atoms with Crippen molar-refractivity contribution < 1.29 is 9.53 Å². The summed E-state index contributed by atoms with van der Waals surface area (Å²) in [6.07, 6.45) is 5.34. The number of nitrogens with one attached hydrogen (secondary N) is 1. The van der Waals surface area contributed by atoms with Crippen molar-refractivity contribution in [3.05, 3.63) is 28.5 Å². The molecular weight excluding hydrogens is 284 g/mol. The van der Waals surface area contributed by atoms with E-state index in [-0.39, 0.29) is 11.9 Å². The molecule has 17 heavy (non-hydrogen) atoms. The number of hydrogen-bond acceptors (Lipinski definition) is 3. The summed E-state index contributed by atoms with van der Waals surface area (Å²) in [5.41, 5.74) is 0.583. The number of rotatable bonds is 4. The van der Waals surface area contributed by atoms with E-state index in [4.69, 9.17) is 4.74 Å². The highest BCUT2D eigenvalue weighted by Gasteiger charge is 2.30.